The van der Waals surface area contributed by atoms with Gasteiger partial charge in [-0.2, -0.15) is 0 Å². The van der Waals surface area contributed by atoms with Crippen LogP contribution in [0.2, 0.25) is 5.02 Å². The molecule has 1 aromatic rings. The number of aromatic nitrogens is 1. The number of carbonyl (C=O) groups excluding carboxylic acids is 1. The molecule has 0 bridgehead atoms. The number of rotatable bonds is 4. The molecule has 1 rings (SSSR count). The largest absolute Gasteiger partial charge is 0.466 e. The van der Waals surface area contributed by atoms with Crippen LogP contribution < -0.4 is 5.73 Å². The van der Waals surface area contributed by atoms with E-state index in [2.05, 4.69) is 9.72 Å². The Bertz CT molecular complexity index is 427. The quantitative estimate of drug-likeness (QED) is 0.848. The van der Waals surface area contributed by atoms with E-state index in [1.807, 2.05) is 0 Å². The van der Waals surface area contributed by atoms with E-state index >= 15 is 0 Å². The predicted molar refractivity (Wildman–Crippen MR) is 59.0 cm³/mol. The smallest absolute Gasteiger partial charge is 0.311 e. The summed E-state index contributed by atoms with van der Waals surface area (Å²) in [4.78, 5) is 14.8. The Kier molecular flexibility index (Phi) is 4.62. The van der Waals surface area contributed by atoms with Crippen LogP contribution in [0.3, 0.4) is 0 Å². The van der Waals surface area contributed by atoms with Crippen molar-refractivity contribution in [2.24, 2.45) is 0 Å². The summed E-state index contributed by atoms with van der Waals surface area (Å²) < 4.78 is 29.6. The van der Waals surface area contributed by atoms with E-state index < -0.39 is 18.1 Å². The predicted octanol–water partition coefficient (Wildman–Crippen LogP) is 2.36. The maximum Gasteiger partial charge on any atom is 0.311 e. The second-order valence-corrected chi connectivity index (χ2v) is 3.56. The molecule has 0 aliphatic rings. The van der Waals surface area contributed by atoms with Crippen LogP contribution in [0.1, 0.15) is 24.7 Å². The number of anilines is 1. The number of nitrogens with two attached hydrogens (primary N) is 1. The Hall–Kier alpha value is -1.43. The molecule has 17 heavy (non-hydrogen) atoms. The number of hydrogen-bond acceptors (Lipinski definition) is 4. The zero-order valence-electron chi connectivity index (χ0n) is 9.04. The summed E-state index contributed by atoms with van der Waals surface area (Å²) in [6.45, 7) is 1.83. The molecule has 7 heteroatoms. The highest BCUT2D eigenvalue weighted by molar-refractivity contribution is 6.33. The summed E-state index contributed by atoms with van der Waals surface area (Å²) in [6.07, 6.45) is -3.05. The first-order valence-electron chi connectivity index (χ1n) is 4.84. The van der Waals surface area contributed by atoms with E-state index in [-0.39, 0.29) is 29.4 Å². The van der Waals surface area contributed by atoms with Gasteiger partial charge in [0.15, 0.2) is 0 Å². The van der Waals surface area contributed by atoms with Crippen molar-refractivity contribution in [3.8, 4) is 0 Å². The van der Waals surface area contributed by atoms with Crippen molar-refractivity contribution in [3.63, 3.8) is 0 Å². The average molecular weight is 265 g/mol. The highest BCUT2D eigenvalue weighted by Gasteiger charge is 2.17. The fourth-order valence-corrected chi connectivity index (χ4v) is 1.37. The first-order valence-corrected chi connectivity index (χ1v) is 5.22. The summed E-state index contributed by atoms with van der Waals surface area (Å²) in [6, 6.07) is 0.988. The second-order valence-electron chi connectivity index (χ2n) is 3.18. The molecule has 0 unspecified atom stereocenters. The molecular weight excluding hydrogens is 254 g/mol. The van der Waals surface area contributed by atoms with Crippen molar-refractivity contribution in [1.82, 2.24) is 4.98 Å². The molecule has 1 aromatic heterocycles. The number of nitrogens with zero attached hydrogens (tertiary/aromatic N) is 1. The van der Waals surface area contributed by atoms with Gasteiger partial charge < -0.3 is 10.5 Å². The summed E-state index contributed by atoms with van der Waals surface area (Å²) in [5.41, 5.74) is 4.91. The van der Waals surface area contributed by atoms with Crippen molar-refractivity contribution in [1.29, 1.82) is 0 Å². The van der Waals surface area contributed by atoms with Gasteiger partial charge in [0.05, 0.1) is 29.4 Å². The molecule has 0 aliphatic carbocycles. The van der Waals surface area contributed by atoms with Gasteiger partial charge >= 0.3 is 5.97 Å². The lowest BCUT2D eigenvalue weighted by Crippen LogP contribution is -2.11. The van der Waals surface area contributed by atoms with Gasteiger partial charge in [-0.1, -0.05) is 11.6 Å². The van der Waals surface area contributed by atoms with Gasteiger partial charge in [-0.3, -0.25) is 4.79 Å². The van der Waals surface area contributed by atoms with Gasteiger partial charge in [0.1, 0.15) is 5.69 Å². The maximum atomic E-state index is 12.5. The number of esters is 1. The summed E-state index contributed by atoms with van der Waals surface area (Å²) in [5, 5.41) is 0.00227. The standard InChI is InChI=1S/C10H11ClF2N2O2/c1-2-17-8(16)4-6-9(11)5(14)3-7(15-6)10(12)13/h3,10H,2,4H2,1H3,(H2,14,15). The first kappa shape index (κ1) is 13.6. The van der Waals surface area contributed by atoms with Gasteiger partial charge in [0.2, 0.25) is 0 Å². The van der Waals surface area contributed by atoms with Crippen molar-refractivity contribution < 1.29 is 18.3 Å². The van der Waals surface area contributed by atoms with Gasteiger partial charge in [-0.25, -0.2) is 13.8 Å². The van der Waals surface area contributed by atoms with Crippen LogP contribution >= 0.6 is 11.6 Å². The van der Waals surface area contributed by atoms with Crippen LogP contribution in [0.4, 0.5) is 14.5 Å². The number of hydrogen-bond donors (Lipinski definition) is 1. The lowest BCUT2D eigenvalue weighted by molar-refractivity contribution is -0.142. The second kappa shape index (κ2) is 5.77. The molecule has 0 aliphatic heterocycles. The summed E-state index contributed by atoms with van der Waals surface area (Å²) >= 11 is 5.77. The zero-order valence-corrected chi connectivity index (χ0v) is 9.80. The molecule has 0 saturated heterocycles. The Morgan fingerprint density at radius 3 is 2.82 bits per heavy atom. The van der Waals surface area contributed by atoms with E-state index in [0.717, 1.165) is 6.07 Å². The van der Waals surface area contributed by atoms with E-state index in [0.29, 0.717) is 0 Å². The van der Waals surface area contributed by atoms with Crippen LogP contribution in [0, 0.1) is 0 Å². The van der Waals surface area contributed by atoms with Crippen molar-refractivity contribution in [3.05, 3.63) is 22.5 Å². The van der Waals surface area contributed by atoms with E-state index in [9.17, 15) is 13.6 Å². The van der Waals surface area contributed by atoms with Crippen LogP contribution in [-0.4, -0.2) is 17.6 Å². The summed E-state index contributed by atoms with van der Waals surface area (Å²) in [7, 11) is 0. The Morgan fingerprint density at radius 1 is 1.65 bits per heavy atom. The van der Waals surface area contributed by atoms with Gasteiger partial charge in [-0.05, 0) is 13.0 Å². The topological polar surface area (TPSA) is 65.2 Å². The Morgan fingerprint density at radius 2 is 2.29 bits per heavy atom. The number of halogens is 3. The van der Waals surface area contributed by atoms with Crippen LogP contribution in [-0.2, 0) is 16.0 Å². The number of pyridine rings is 1. The minimum atomic E-state index is -2.77. The molecule has 1 heterocycles. The fraction of sp³-hybridized carbons (Fsp3) is 0.400. The zero-order chi connectivity index (χ0) is 13.0. The van der Waals surface area contributed by atoms with E-state index in [1.54, 1.807) is 6.92 Å². The van der Waals surface area contributed by atoms with Gasteiger partial charge in [0, 0.05) is 0 Å². The normalized spacial score (nSPS) is 10.6. The lowest BCUT2D eigenvalue weighted by atomic mass is 10.2. The highest BCUT2D eigenvalue weighted by Crippen LogP contribution is 2.27. The molecule has 0 atom stereocenters. The molecule has 0 radical (unpaired) electrons. The van der Waals surface area contributed by atoms with Crippen LogP contribution in [0.25, 0.3) is 0 Å². The van der Waals surface area contributed by atoms with Crippen molar-refractivity contribution in [2.45, 2.75) is 19.8 Å². The first-order chi connectivity index (χ1) is 7.95. The monoisotopic (exact) mass is 264 g/mol. The van der Waals surface area contributed by atoms with E-state index in [4.69, 9.17) is 17.3 Å². The van der Waals surface area contributed by atoms with Crippen molar-refractivity contribution >= 4 is 23.3 Å². The molecular formula is C10H11ClF2N2O2. The SMILES string of the molecule is CCOC(=O)Cc1nc(C(F)F)cc(N)c1Cl. The number of alkyl halides is 2. The van der Waals surface area contributed by atoms with Gasteiger partial charge in [-0.15, -0.1) is 0 Å². The minimum absolute atomic E-state index is 0.000386. The van der Waals surface area contributed by atoms with Crippen LogP contribution in [0.5, 0.6) is 0 Å². The minimum Gasteiger partial charge on any atom is -0.466 e. The molecule has 0 fully saturated rings. The maximum absolute atomic E-state index is 12.5. The Labute approximate surface area is 102 Å². The third kappa shape index (κ3) is 3.52. The number of carbonyl (C=O) groups is 1. The molecule has 0 aromatic carbocycles. The molecule has 94 valence electrons. The summed E-state index contributed by atoms with van der Waals surface area (Å²) in [5.74, 6) is -0.590. The third-order valence-corrected chi connectivity index (χ3v) is 2.35. The van der Waals surface area contributed by atoms with Crippen LogP contribution in [0.15, 0.2) is 6.07 Å². The molecule has 4 nitrogen and oxygen atoms in total. The van der Waals surface area contributed by atoms with E-state index in [1.165, 1.54) is 0 Å². The number of nitrogen functional groups attached to an aromatic ring is 1. The highest BCUT2D eigenvalue weighted by atomic mass is 35.5. The fourth-order valence-electron chi connectivity index (χ4n) is 1.20. The molecule has 2 N–H and O–H groups in total. The number of ether oxygens (including phenoxy) is 1. The third-order valence-electron chi connectivity index (χ3n) is 1.91. The molecule has 0 saturated carbocycles. The lowest BCUT2D eigenvalue weighted by Gasteiger charge is -2.08. The van der Waals surface area contributed by atoms with Crippen molar-refractivity contribution in [2.75, 3.05) is 12.3 Å². The molecule has 0 spiro atoms. The Balaban J connectivity index is 3.01. The molecule has 0 amide bonds. The van der Waals surface area contributed by atoms with Gasteiger partial charge in [0.25, 0.3) is 6.43 Å². The average Bonchev–Trinajstić information content (AvgIpc) is 2.24.